The van der Waals surface area contributed by atoms with E-state index in [0.29, 0.717) is 12.2 Å². The van der Waals surface area contributed by atoms with Crippen LogP contribution in [0.5, 0.6) is 0 Å². The van der Waals surface area contributed by atoms with Gasteiger partial charge in [-0.15, -0.1) is 0 Å². The lowest BCUT2D eigenvalue weighted by molar-refractivity contribution is -0.907. The number of piperidine rings is 1. The molecule has 0 amide bonds. The van der Waals surface area contributed by atoms with Crippen LogP contribution in [0.4, 0.5) is 5.69 Å². The molecule has 164 valence electrons. The van der Waals surface area contributed by atoms with E-state index >= 15 is 0 Å². The number of aryl methyl sites for hydroxylation is 1. The minimum Gasteiger partial charge on any atom is -0.385 e. The zero-order chi connectivity index (χ0) is 21.8. The molecule has 1 fully saturated rings. The zero-order valence-corrected chi connectivity index (χ0v) is 18.8. The van der Waals surface area contributed by atoms with Crippen molar-refractivity contribution < 1.29 is 18.4 Å². The number of anilines is 1. The third-order valence-corrected chi connectivity index (χ3v) is 7.90. The summed E-state index contributed by atoms with van der Waals surface area (Å²) in [4.78, 5) is 1.59. The van der Waals surface area contributed by atoms with Crippen molar-refractivity contribution in [3.8, 4) is 0 Å². The van der Waals surface area contributed by atoms with Crippen LogP contribution in [0.2, 0.25) is 0 Å². The Kier molecular flexibility index (Phi) is 6.60. The van der Waals surface area contributed by atoms with Gasteiger partial charge in [0, 0.05) is 5.39 Å². The van der Waals surface area contributed by atoms with Crippen LogP contribution in [0.1, 0.15) is 24.8 Å². The first kappa shape index (κ1) is 21.8. The first-order valence-electron chi connectivity index (χ1n) is 11.0. The minimum absolute atomic E-state index is 0.0354. The fraction of sp³-hybridized carbons (Fsp3) is 0.360. The first-order valence-corrected chi connectivity index (χ1v) is 12.5. The summed E-state index contributed by atoms with van der Waals surface area (Å²) < 4.78 is 28.8. The van der Waals surface area contributed by atoms with Gasteiger partial charge in [-0.25, -0.2) is 8.42 Å². The van der Waals surface area contributed by atoms with Gasteiger partial charge < -0.3 is 10.0 Å². The minimum atomic E-state index is -3.83. The van der Waals surface area contributed by atoms with Crippen LogP contribution < -0.4 is 9.21 Å². The number of fused-ring (bicyclic) bond motifs is 1. The molecule has 0 aromatic heterocycles. The second-order valence-electron chi connectivity index (χ2n) is 8.52. The summed E-state index contributed by atoms with van der Waals surface area (Å²) in [6, 6.07) is 20.3. The van der Waals surface area contributed by atoms with Gasteiger partial charge in [0.2, 0.25) is 0 Å². The van der Waals surface area contributed by atoms with E-state index in [-0.39, 0.29) is 11.4 Å². The molecule has 1 aliphatic rings. The molecule has 0 bridgehead atoms. The van der Waals surface area contributed by atoms with E-state index in [4.69, 9.17) is 0 Å². The highest BCUT2D eigenvalue weighted by Crippen LogP contribution is 2.31. The molecule has 3 aromatic rings. The van der Waals surface area contributed by atoms with Crippen LogP contribution in [0.15, 0.2) is 71.6 Å². The molecule has 0 radical (unpaired) electrons. The van der Waals surface area contributed by atoms with Crippen molar-refractivity contribution >= 4 is 26.5 Å². The maximum Gasteiger partial charge on any atom is 0.264 e. The van der Waals surface area contributed by atoms with Crippen molar-refractivity contribution in [1.82, 2.24) is 0 Å². The Bertz CT molecular complexity index is 1120. The molecule has 6 heteroatoms. The number of hydrogen-bond acceptors (Lipinski definition) is 3. The molecule has 4 rings (SSSR count). The van der Waals surface area contributed by atoms with E-state index in [1.54, 1.807) is 12.1 Å². The monoisotopic (exact) mass is 439 g/mol. The molecule has 0 saturated carbocycles. The summed E-state index contributed by atoms with van der Waals surface area (Å²) in [6.45, 7) is 4.61. The van der Waals surface area contributed by atoms with Crippen LogP contribution >= 0.6 is 0 Å². The zero-order valence-electron chi connectivity index (χ0n) is 18.0. The number of quaternary nitrogens is 1. The van der Waals surface area contributed by atoms with Crippen molar-refractivity contribution in [2.24, 2.45) is 0 Å². The summed E-state index contributed by atoms with van der Waals surface area (Å²) >= 11 is 0. The molecule has 1 saturated heterocycles. The Morgan fingerprint density at radius 3 is 2.35 bits per heavy atom. The van der Waals surface area contributed by atoms with E-state index < -0.39 is 16.1 Å². The maximum absolute atomic E-state index is 13.7. The summed E-state index contributed by atoms with van der Waals surface area (Å²) in [5, 5.41) is 12.8. The number of nitrogens with one attached hydrogen (secondary N) is 1. The maximum atomic E-state index is 13.7. The molecule has 0 aliphatic carbocycles. The van der Waals surface area contributed by atoms with Gasteiger partial charge in [-0.3, -0.25) is 4.31 Å². The molecule has 1 atom stereocenters. The van der Waals surface area contributed by atoms with Gasteiger partial charge in [0.15, 0.2) is 0 Å². The number of likely N-dealkylation sites (tertiary alicyclic amines) is 1. The first-order chi connectivity index (χ1) is 14.9. The molecule has 5 nitrogen and oxygen atoms in total. The summed E-state index contributed by atoms with van der Waals surface area (Å²) in [7, 11) is -3.83. The Balaban J connectivity index is 1.72. The largest absolute Gasteiger partial charge is 0.385 e. The Morgan fingerprint density at radius 2 is 1.61 bits per heavy atom. The number of aliphatic hydroxyl groups is 1. The SMILES string of the molecule is Cc1ccc(S(=O)(=O)N(CC(O)C[NH+]2CCCCC2)c2cccc3ccccc23)cc1. The van der Waals surface area contributed by atoms with Gasteiger partial charge in [0.25, 0.3) is 10.0 Å². The molecule has 2 N–H and O–H groups in total. The Labute approximate surface area is 185 Å². The van der Waals surface area contributed by atoms with Crippen LogP contribution in [-0.2, 0) is 10.0 Å². The van der Waals surface area contributed by atoms with E-state index in [0.717, 1.165) is 42.3 Å². The van der Waals surface area contributed by atoms with Gasteiger partial charge in [-0.05, 0) is 49.8 Å². The Hall–Kier alpha value is -2.41. The molecule has 0 spiro atoms. The average Bonchev–Trinajstić information content (AvgIpc) is 2.78. The normalized spacial score (nSPS) is 16.3. The topological polar surface area (TPSA) is 62.0 Å². The quantitative estimate of drug-likeness (QED) is 0.595. The van der Waals surface area contributed by atoms with Gasteiger partial charge in [0.05, 0.1) is 30.2 Å². The smallest absolute Gasteiger partial charge is 0.264 e. The van der Waals surface area contributed by atoms with Gasteiger partial charge in [-0.2, -0.15) is 0 Å². The Morgan fingerprint density at radius 1 is 0.935 bits per heavy atom. The highest BCUT2D eigenvalue weighted by atomic mass is 32.2. The number of sulfonamides is 1. The lowest BCUT2D eigenvalue weighted by Gasteiger charge is -2.30. The second-order valence-corrected chi connectivity index (χ2v) is 10.4. The number of aliphatic hydroxyl groups excluding tert-OH is 1. The van der Waals surface area contributed by atoms with Crippen molar-refractivity contribution in [3.63, 3.8) is 0 Å². The van der Waals surface area contributed by atoms with Crippen molar-refractivity contribution in [2.45, 2.75) is 37.2 Å². The number of benzene rings is 3. The van der Waals surface area contributed by atoms with E-state index in [1.165, 1.54) is 15.6 Å². The van der Waals surface area contributed by atoms with Crippen LogP contribution in [0.3, 0.4) is 0 Å². The number of rotatable bonds is 7. The molecule has 31 heavy (non-hydrogen) atoms. The van der Waals surface area contributed by atoms with Gasteiger partial charge >= 0.3 is 0 Å². The summed E-state index contributed by atoms with van der Waals surface area (Å²) in [6.07, 6.45) is 2.82. The van der Waals surface area contributed by atoms with E-state index in [2.05, 4.69) is 0 Å². The third kappa shape index (κ3) is 4.92. The third-order valence-electron chi connectivity index (χ3n) is 6.11. The molecular weight excluding hydrogens is 408 g/mol. The van der Waals surface area contributed by atoms with Gasteiger partial charge in [-0.1, -0.05) is 54.1 Å². The van der Waals surface area contributed by atoms with Crippen LogP contribution in [0.25, 0.3) is 10.8 Å². The highest BCUT2D eigenvalue weighted by Gasteiger charge is 2.30. The van der Waals surface area contributed by atoms with Crippen LogP contribution in [0, 0.1) is 6.92 Å². The molecule has 3 aromatic carbocycles. The van der Waals surface area contributed by atoms with Crippen molar-refractivity contribution in [3.05, 3.63) is 72.3 Å². The van der Waals surface area contributed by atoms with E-state index in [1.807, 2.05) is 61.5 Å². The molecule has 1 unspecified atom stereocenters. The summed E-state index contributed by atoms with van der Waals surface area (Å²) in [5.74, 6) is 0. The molecule has 1 heterocycles. The van der Waals surface area contributed by atoms with Gasteiger partial charge in [0.1, 0.15) is 12.6 Å². The lowest BCUT2D eigenvalue weighted by Crippen LogP contribution is -3.14. The summed E-state index contributed by atoms with van der Waals surface area (Å²) in [5.41, 5.74) is 1.61. The molecular formula is C25H31N2O3S+. The average molecular weight is 440 g/mol. The lowest BCUT2D eigenvalue weighted by atomic mass is 10.1. The predicted octanol–water partition coefficient (Wildman–Crippen LogP) is 2.77. The fourth-order valence-corrected chi connectivity index (χ4v) is 5.96. The predicted molar refractivity (Wildman–Crippen MR) is 125 cm³/mol. The van der Waals surface area contributed by atoms with Crippen LogP contribution in [-0.4, -0.2) is 45.8 Å². The second kappa shape index (κ2) is 9.39. The fourth-order valence-electron chi connectivity index (χ4n) is 4.43. The van der Waals surface area contributed by atoms with Crippen molar-refractivity contribution in [1.29, 1.82) is 0 Å². The number of hydrogen-bond donors (Lipinski definition) is 2. The molecule has 1 aliphatic heterocycles. The standard InChI is InChI=1S/C25H30N2O3S/c1-20-12-14-23(15-13-20)31(29,30)27(19-22(28)18-26-16-5-2-6-17-26)25-11-7-9-21-8-3-4-10-24(21)25/h3-4,7-15,22,28H,2,5-6,16-19H2,1H3/p+1. The number of nitrogens with zero attached hydrogens (tertiary/aromatic N) is 1. The van der Waals surface area contributed by atoms with Crippen molar-refractivity contribution in [2.75, 3.05) is 30.5 Å². The van der Waals surface area contributed by atoms with E-state index in [9.17, 15) is 13.5 Å². The highest BCUT2D eigenvalue weighted by molar-refractivity contribution is 7.92.